The van der Waals surface area contributed by atoms with E-state index in [1.54, 1.807) is 11.3 Å². The van der Waals surface area contributed by atoms with Crippen molar-refractivity contribution in [3.63, 3.8) is 0 Å². The van der Waals surface area contributed by atoms with Crippen molar-refractivity contribution in [3.8, 4) is 10.7 Å². The Morgan fingerprint density at radius 3 is 2.92 bits per heavy atom. The van der Waals surface area contributed by atoms with Gasteiger partial charge in [0.15, 0.2) is 5.82 Å². The standard InChI is InChI=1S/C17H24N4OS2/c1-3-21(13-8-5-4-6-9-13)16(22)12(2)24-17-18-15(19-20-17)14-10-7-11-23-14/h7,10-13H,3-6,8-9H2,1-2H3,(H,18,19,20)/t12-/m1/s1. The second-order valence-electron chi connectivity index (χ2n) is 6.12. The van der Waals surface area contributed by atoms with Gasteiger partial charge in [0, 0.05) is 12.6 Å². The Bertz CT molecular complexity index is 649. The summed E-state index contributed by atoms with van der Waals surface area (Å²) < 4.78 is 0. The molecule has 0 unspecified atom stereocenters. The SMILES string of the molecule is CCN(C(=O)[C@@H](C)Sc1n[nH]c(-c2cccs2)n1)C1CCCCC1. The maximum Gasteiger partial charge on any atom is 0.236 e. The largest absolute Gasteiger partial charge is 0.339 e. The van der Waals surface area contributed by atoms with Crippen LogP contribution in [0.4, 0.5) is 0 Å². The molecule has 0 aliphatic heterocycles. The van der Waals surface area contributed by atoms with E-state index >= 15 is 0 Å². The predicted molar refractivity (Wildman–Crippen MR) is 99.3 cm³/mol. The Labute approximate surface area is 151 Å². The minimum absolute atomic E-state index is 0.168. The highest BCUT2D eigenvalue weighted by Gasteiger charge is 2.28. The van der Waals surface area contributed by atoms with E-state index in [1.165, 1.54) is 31.0 Å². The molecule has 5 nitrogen and oxygen atoms in total. The van der Waals surface area contributed by atoms with Crippen LogP contribution in [0.15, 0.2) is 22.7 Å². The van der Waals surface area contributed by atoms with Crippen LogP contribution in [0.25, 0.3) is 10.7 Å². The molecule has 1 aliphatic rings. The molecule has 0 aromatic carbocycles. The number of H-pyrrole nitrogens is 1. The van der Waals surface area contributed by atoms with E-state index < -0.39 is 0 Å². The molecule has 2 aromatic rings. The molecule has 1 atom stereocenters. The number of aromatic nitrogens is 3. The molecular formula is C17H24N4OS2. The molecule has 3 rings (SSSR count). The zero-order chi connectivity index (χ0) is 16.9. The van der Waals surface area contributed by atoms with Crippen molar-refractivity contribution in [3.05, 3.63) is 17.5 Å². The van der Waals surface area contributed by atoms with Crippen LogP contribution in [0.5, 0.6) is 0 Å². The number of nitrogens with zero attached hydrogens (tertiary/aromatic N) is 3. The van der Waals surface area contributed by atoms with Crippen LogP contribution in [-0.2, 0) is 4.79 Å². The van der Waals surface area contributed by atoms with Crippen LogP contribution in [0.2, 0.25) is 0 Å². The summed E-state index contributed by atoms with van der Waals surface area (Å²) in [6, 6.07) is 4.41. The molecule has 1 N–H and O–H groups in total. The first-order valence-electron chi connectivity index (χ1n) is 8.62. The molecule has 0 bridgehead atoms. The van der Waals surface area contributed by atoms with Gasteiger partial charge in [-0.2, -0.15) is 0 Å². The van der Waals surface area contributed by atoms with Crippen LogP contribution in [0.3, 0.4) is 0 Å². The number of hydrogen-bond donors (Lipinski definition) is 1. The zero-order valence-corrected chi connectivity index (χ0v) is 15.8. The van der Waals surface area contributed by atoms with E-state index in [0.29, 0.717) is 11.2 Å². The third-order valence-corrected chi connectivity index (χ3v) is 6.31. The van der Waals surface area contributed by atoms with Gasteiger partial charge in [0.1, 0.15) is 0 Å². The van der Waals surface area contributed by atoms with Gasteiger partial charge >= 0.3 is 0 Å². The van der Waals surface area contributed by atoms with Gasteiger partial charge in [-0.3, -0.25) is 9.89 Å². The highest BCUT2D eigenvalue weighted by Crippen LogP contribution is 2.28. The lowest BCUT2D eigenvalue weighted by Gasteiger charge is -2.35. The summed E-state index contributed by atoms with van der Waals surface area (Å²) in [7, 11) is 0. The second kappa shape index (κ2) is 8.16. The molecule has 2 aromatic heterocycles. The first-order valence-corrected chi connectivity index (χ1v) is 10.4. The van der Waals surface area contributed by atoms with Crippen LogP contribution in [0.1, 0.15) is 46.0 Å². The minimum atomic E-state index is -0.168. The quantitative estimate of drug-likeness (QED) is 0.781. The average molecular weight is 365 g/mol. The Kier molecular flexibility index (Phi) is 5.94. The predicted octanol–water partition coefficient (Wildman–Crippen LogP) is 4.20. The fraction of sp³-hybridized carbons (Fsp3) is 0.588. The molecule has 130 valence electrons. The lowest BCUT2D eigenvalue weighted by Crippen LogP contribution is -2.44. The molecule has 24 heavy (non-hydrogen) atoms. The Morgan fingerprint density at radius 2 is 2.25 bits per heavy atom. The number of carbonyl (C=O) groups is 1. The maximum absolute atomic E-state index is 12.9. The summed E-state index contributed by atoms with van der Waals surface area (Å²) in [6.07, 6.45) is 6.05. The number of amides is 1. The van der Waals surface area contributed by atoms with Gasteiger partial charge in [0.05, 0.1) is 10.1 Å². The lowest BCUT2D eigenvalue weighted by molar-refractivity contribution is -0.133. The molecule has 1 amide bonds. The lowest BCUT2D eigenvalue weighted by atomic mass is 9.94. The van der Waals surface area contributed by atoms with Crippen LogP contribution >= 0.6 is 23.1 Å². The van der Waals surface area contributed by atoms with E-state index in [9.17, 15) is 4.79 Å². The number of thiophene rings is 1. The summed E-state index contributed by atoms with van der Waals surface area (Å²) >= 11 is 3.06. The Balaban J connectivity index is 1.62. The third-order valence-electron chi connectivity index (χ3n) is 4.49. The zero-order valence-electron chi connectivity index (χ0n) is 14.2. The molecule has 0 radical (unpaired) electrons. The highest BCUT2D eigenvalue weighted by molar-refractivity contribution is 8.00. The van der Waals surface area contributed by atoms with E-state index in [4.69, 9.17) is 0 Å². The van der Waals surface area contributed by atoms with Crippen molar-refractivity contribution in [1.82, 2.24) is 20.1 Å². The smallest absolute Gasteiger partial charge is 0.236 e. The van der Waals surface area contributed by atoms with Gasteiger partial charge in [0.25, 0.3) is 0 Å². The fourth-order valence-corrected chi connectivity index (χ4v) is 4.71. The van der Waals surface area contributed by atoms with Crippen molar-refractivity contribution in [2.75, 3.05) is 6.54 Å². The van der Waals surface area contributed by atoms with Crippen molar-refractivity contribution in [2.24, 2.45) is 0 Å². The molecule has 7 heteroatoms. The molecule has 0 saturated heterocycles. The van der Waals surface area contributed by atoms with E-state index in [-0.39, 0.29) is 11.2 Å². The van der Waals surface area contributed by atoms with Crippen LogP contribution in [0, 0.1) is 0 Å². The monoisotopic (exact) mass is 364 g/mol. The highest BCUT2D eigenvalue weighted by atomic mass is 32.2. The Morgan fingerprint density at radius 1 is 1.46 bits per heavy atom. The molecular weight excluding hydrogens is 340 g/mol. The van der Waals surface area contributed by atoms with E-state index in [0.717, 1.165) is 30.1 Å². The van der Waals surface area contributed by atoms with Gasteiger partial charge in [-0.25, -0.2) is 4.98 Å². The average Bonchev–Trinajstić information content (AvgIpc) is 3.27. The van der Waals surface area contributed by atoms with E-state index in [1.807, 2.05) is 24.4 Å². The fourth-order valence-electron chi connectivity index (χ4n) is 3.25. The van der Waals surface area contributed by atoms with Crippen molar-refractivity contribution >= 4 is 29.0 Å². The molecule has 1 saturated carbocycles. The maximum atomic E-state index is 12.9. The van der Waals surface area contributed by atoms with Gasteiger partial charge < -0.3 is 4.90 Å². The molecule has 2 heterocycles. The third kappa shape index (κ3) is 4.00. The molecule has 0 spiro atoms. The van der Waals surface area contributed by atoms with Gasteiger partial charge in [-0.15, -0.1) is 16.4 Å². The summed E-state index contributed by atoms with van der Waals surface area (Å²) in [5.41, 5.74) is 0. The summed E-state index contributed by atoms with van der Waals surface area (Å²) in [5, 5.41) is 9.70. The first-order chi connectivity index (χ1) is 11.7. The topological polar surface area (TPSA) is 61.9 Å². The van der Waals surface area contributed by atoms with Crippen LogP contribution < -0.4 is 0 Å². The summed E-state index contributed by atoms with van der Waals surface area (Å²) in [5.74, 6) is 0.976. The second-order valence-corrected chi connectivity index (χ2v) is 8.38. The first kappa shape index (κ1) is 17.5. The van der Waals surface area contributed by atoms with Gasteiger partial charge in [-0.05, 0) is 38.1 Å². The van der Waals surface area contributed by atoms with Crippen molar-refractivity contribution in [2.45, 2.75) is 62.4 Å². The number of carbonyl (C=O) groups excluding carboxylic acids is 1. The number of aromatic amines is 1. The number of rotatable bonds is 6. The van der Waals surface area contributed by atoms with Gasteiger partial charge in [0.2, 0.25) is 11.1 Å². The summed E-state index contributed by atoms with van der Waals surface area (Å²) in [4.78, 5) is 20.5. The van der Waals surface area contributed by atoms with Crippen molar-refractivity contribution < 1.29 is 4.79 Å². The normalized spacial score (nSPS) is 16.9. The van der Waals surface area contributed by atoms with Crippen molar-refractivity contribution in [1.29, 1.82) is 0 Å². The number of hydrogen-bond acceptors (Lipinski definition) is 5. The molecule has 1 aliphatic carbocycles. The molecule has 1 fully saturated rings. The van der Waals surface area contributed by atoms with Crippen LogP contribution in [-0.4, -0.2) is 43.8 Å². The number of thioether (sulfide) groups is 1. The van der Waals surface area contributed by atoms with E-state index in [2.05, 4.69) is 27.0 Å². The number of nitrogens with one attached hydrogen (secondary N) is 1. The van der Waals surface area contributed by atoms with Gasteiger partial charge in [-0.1, -0.05) is 37.1 Å². The minimum Gasteiger partial charge on any atom is -0.339 e. The summed E-state index contributed by atoms with van der Waals surface area (Å²) in [6.45, 7) is 4.81. The Hall–Kier alpha value is -1.34.